The zero-order valence-electron chi connectivity index (χ0n) is 54.9. The van der Waals surface area contributed by atoms with Gasteiger partial charge in [0, 0.05) is 44.5 Å². The fourth-order valence-electron chi connectivity index (χ4n) is 18.1. The van der Waals surface area contributed by atoms with Crippen LogP contribution in [0.2, 0.25) is 0 Å². The fourth-order valence-corrected chi connectivity index (χ4v) is 18.1. The molecule has 8 aliphatic carbocycles. The Morgan fingerprint density at radius 3 is 0.531 bits per heavy atom. The van der Waals surface area contributed by atoms with Crippen LogP contribution in [0, 0.1) is 162 Å². The second-order valence-electron chi connectivity index (χ2n) is 27.6. The summed E-state index contributed by atoms with van der Waals surface area (Å²) in [7, 11) is 0. The predicted molar refractivity (Wildman–Crippen MR) is 401 cm³/mol. The van der Waals surface area contributed by atoms with Gasteiger partial charge in [0.2, 0.25) is 0 Å². The average molecular weight is 1250 g/mol. The summed E-state index contributed by atoms with van der Waals surface area (Å²) in [5.41, 5.74) is 0.775. The van der Waals surface area contributed by atoms with Crippen molar-refractivity contribution in [2.75, 3.05) is 0 Å². The molecule has 0 N–H and O–H groups in total. The van der Waals surface area contributed by atoms with Crippen LogP contribution < -0.4 is 0 Å². The van der Waals surface area contributed by atoms with Crippen molar-refractivity contribution in [1.29, 1.82) is 0 Å². The van der Waals surface area contributed by atoms with Crippen molar-refractivity contribution in [2.24, 2.45) is 67.0 Å². The minimum absolute atomic E-state index is 0.392. The van der Waals surface area contributed by atoms with Gasteiger partial charge >= 0.3 is 0 Å². The van der Waals surface area contributed by atoms with Gasteiger partial charge in [-0.3, -0.25) is 0 Å². The molecule has 8 aliphatic rings. The lowest BCUT2D eigenvalue weighted by Gasteiger charge is -2.80. The van der Waals surface area contributed by atoms with E-state index in [1.54, 1.807) is 0 Å². The van der Waals surface area contributed by atoms with E-state index in [2.05, 4.69) is 435 Å². The summed E-state index contributed by atoms with van der Waals surface area (Å²) in [5, 5.41) is 0. The molecular formula is C98H72. The van der Waals surface area contributed by atoms with Crippen LogP contribution in [0.25, 0.3) is 0 Å². The molecule has 4 fully saturated rings. The van der Waals surface area contributed by atoms with Gasteiger partial charge < -0.3 is 0 Å². The molecule has 0 heterocycles. The van der Waals surface area contributed by atoms with E-state index in [1.807, 2.05) is 0 Å². The minimum Gasteiger partial charge on any atom is -0.0883 e. The maximum Gasteiger partial charge on any atom is 0.0729 e. The Morgan fingerprint density at radius 1 is 0.194 bits per heavy atom. The molecule has 8 unspecified atom stereocenters. The van der Waals surface area contributed by atoms with Gasteiger partial charge in [0.25, 0.3) is 0 Å². The van der Waals surface area contributed by atoms with E-state index in [0.29, 0.717) is 0 Å². The second-order valence-corrected chi connectivity index (χ2v) is 27.6. The Hall–Kier alpha value is -11.8. The van der Waals surface area contributed by atoms with Gasteiger partial charge in [-0.15, -0.1) is 0 Å². The highest BCUT2D eigenvalue weighted by Crippen LogP contribution is 2.88. The van der Waals surface area contributed by atoms with Crippen molar-refractivity contribution in [3.8, 4) is 94.7 Å². The van der Waals surface area contributed by atoms with Crippen molar-refractivity contribution in [1.82, 2.24) is 0 Å². The largest absolute Gasteiger partial charge is 0.0883 e. The summed E-state index contributed by atoms with van der Waals surface area (Å²) in [6.45, 7) is 0. The van der Waals surface area contributed by atoms with Crippen LogP contribution >= 0.6 is 0 Å². The highest BCUT2D eigenvalue weighted by molar-refractivity contribution is 5.57. The predicted octanol–water partition coefficient (Wildman–Crippen LogP) is 19.6. The third-order valence-corrected chi connectivity index (χ3v) is 22.0. The Kier molecular flexibility index (Phi) is 17.0. The topological polar surface area (TPSA) is 0 Å². The van der Waals surface area contributed by atoms with E-state index in [0.717, 1.165) is 83.0 Å². The number of benzene rings is 8. The summed E-state index contributed by atoms with van der Waals surface area (Å²) in [6.07, 6.45) is 41.6. The smallest absolute Gasteiger partial charge is 0.0729 e. The molecule has 8 atom stereocenters. The van der Waals surface area contributed by atoms with Gasteiger partial charge in [0.05, 0.1) is 45.3 Å². The molecule has 98 heavy (non-hydrogen) atoms. The zero-order valence-corrected chi connectivity index (χ0v) is 54.9. The van der Waals surface area contributed by atoms with Gasteiger partial charge in [-0.2, -0.15) is 0 Å². The molecule has 0 amide bonds. The normalized spacial score (nSPS) is 29.6. The number of hydrogen-bond acceptors (Lipinski definition) is 0. The van der Waals surface area contributed by atoms with Crippen molar-refractivity contribution < 1.29 is 0 Å². The quantitative estimate of drug-likeness (QED) is 0.154. The van der Waals surface area contributed by atoms with Gasteiger partial charge in [-0.05, 0) is 157 Å². The molecule has 16 rings (SSSR count). The monoisotopic (exact) mass is 1250 g/mol. The summed E-state index contributed by atoms with van der Waals surface area (Å²) >= 11 is 0. The van der Waals surface area contributed by atoms with Crippen LogP contribution in [0.1, 0.15) is 83.0 Å². The molecule has 0 aliphatic heterocycles. The van der Waals surface area contributed by atoms with Gasteiger partial charge in [0.1, 0.15) is 0 Å². The third-order valence-electron chi connectivity index (χ3n) is 22.0. The lowest BCUT2D eigenvalue weighted by atomic mass is 9.22. The number of hydrogen-bond donors (Lipinski definition) is 0. The average Bonchev–Trinajstić information content (AvgIpc) is 0.637. The van der Waals surface area contributed by atoms with E-state index in [9.17, 15) is 0 Å². The van der Waals surface area contributed by atoms with E-state index < -0.39 is 67.0 Å². The summed E-state index contributed by atoms with van der Waals surface area (Å²) in [6, 6.07) is 84.1. The van der Waals surface area contributed by atoms with Crippen LogP contribution in [-0.2, 0) is 0 Å². The molecule has 0 aromatic heterocycles. The van der Waals surface area contributed by atoms with E-state index >= 15 is 0 Å². The highest BCUT2D eigenvalue weighted by atomic mass is 14.8. The molecular weight excluding hydrogens is 1180 g/mol. The Morgan fingerprint density at radius 2 is 0.357 bits per heavy atom. The maximum absolute atomic E-state index is 4.36. The standard InChI is InChI=1S/C98H72/c1-9-33-79(34-10-1)53-57-87-49-25-29-65-95(87,69-61-83-41-17-5-18-42-83)91-73-92(96(70-62-84-43-19-6-20-44-84)66-30-26-50-88(96)58-54-80-35-11-2-12-36-80)76-93(74-91,97(71-63-85-45-21-7-22-46-85)67-31-27-51-89(97)59-55-81-37-13-3-14-38-81)78-94(75-91,77-92)98(72-64-86-47-23-8-24-48-86)68-32-28-52-90(98)60-56-82-39-15-4-16-40-82/h1-52,65-68,87-90H,73-78H2. The van der Waals surface area contributed by atoms with Crippen LogP contribution in [0.4, 0.5) is 0 Å². The van der Waals surface area contributed by atoms with Gasteiger partial charge in [-0.25, -0.2) is 0 Å². The molecule has 0 nitrogen and oxygen atoms in total. The molecule has 0 spiro atoms. The van der Waals surface area contributed by atoms with Gasteiger partial charge in [0.15, 0.2) is 0 Å². The van der Waals surface area contributed by atoms with Crippen LogP contribution in [0.3, 0.4) is 0 Å². The SMILES string of the molecule is C(#CC1C=CC=CC1(C#Cc1ccccc1)C12CC3(C4(C#Cc5ccccc5)C=CC=CC4C#Cc4ccccc4)CC(C4(C#Cc5ccccc5)C=CC=CC4C#Cc4ccccc4)(C1)CC(C1(C#Cc4ccccc4)C=CC=CC1C#Cc1ccccc1)(C2)C3)c1ccccc1. The van der Waals surface area contributed by atoms with E-state index in [-0.39, 0.29) is 0 Å². The molecule has 0 heteroatoms. The first-order valence-electron chi connectivity index (χ1n) is 34.3. The Labute approximate surface area is 581 Å². The molecule has 8 aromatic rings. The maximum atomic E-state index is 4.36. The first-order valence-corrected chi connectivity index (χ1v) is 34.3. The van der Waals surface area contributed by atoms with E-state index in [4.69, 9.17) is 0 Å². The van der Waals surface area contributed by atoms with Crippen molar-refractivity contribution >= 4 is 0 Å². The number of allylic oxidation sites excluding steroid dienone is 16. The molecule has 4 bridgehead atoms. The molecule has 464 valence electrons. The molecule has 0 radical (unpaired) electrons. The van der Waals surface area contributed by atoms with Crippen molar-refractivity contribution in [3.63, 3.8) is 0 Å². The fraction of sp³-hybridized carbons (Fsp3) is 0.184. The van der Waals surface area contributed by atoms with Crippen LogP contribution in [0.15, 0.2) is 340 Å². The Balaban J connectivity index is 1.13. The third kappa shape index (κ3) is 11.6. The van der Waals surface area contributed by atoms with E-state index in [1.165, 1.54) is 0 Å². The first-order chi connectivity index (χ1) is 48.3. The first kappa shape index (κ1) is 62.3. The second kappa shape index (κ2) is 26.8. The summed E-state index contributed by atoms with van der Waals surface area (Å²) in [5.74, 6) is 63.1. The molecule has 8 aromatic carbocycles. The molecule has 0 saturated heterocycles. The van der Waals surface area contributed by atoms with Crippen LogP contribution in [0.5, 0.6) is 0 Å². The summed E-state index contributed by atoms with van der Waals surface area (Å²) in [4.78, 5) is 0. The lowest BCUT2D eigenvalue weighted by molar-refractivity contribution is -0.287. The van der Waals surface area contributed by atoms with Crippen LogP contribution in [-0.4, -0.2) is 0 Å². The van der Waals surface area contributed by atoms with Crippen molar-refractivity contribution in [3.05, 3.63) is 384 Å². The zero-order chi connectivity index (χ0) is 66.1. The minimum atomic E-state index is -0.961. The Bertz CT molecular complexity index is 4410. The summed E-state index contributed by atoms with van der Waals surface area (Å²) < 4.78 is 0. The number of rotatable bonds is 4. The highest BCUT2D eigenvalue weighted by Gasteiger charge is 2.82. The van der Waals surface area contributed by atoms with Crippen molar-refractivity contribution in [2.45, 2.75) is 38.5 Å². The lowest BCUT2D eigenvalue weighted by Crippen LogP contribution is -2.75. The van der Waals surface area contributed by atoms with Gasteiger partial charge in [-0.1, -0.05) is 338 Å². The molecule has 4 saturated carbocycles.